The first kappa shape index (κ1) is 14.0. The summed E-state index contributed by atoms with van der Waals surface area (Å²) in [5, 5.41) is -0.551. The fourth-order valence-corrected chi connectivity index (χ4v) is 3.57. The van der Waals surface area contributed by atoms with Gasteiger partial charge in [0.15, 0.2) is 5.82 Å². The van der Waals surface area contributed by atoms with Gasteiger partial charge >= 0.3 is 0 Å². The number of hydrogen-bond acceptors (Lipinski definition) is 4. The Morgan fingerprint density at radius 3 is 2.81 bits per heavy atom. The maximum absolute atomic E-state index is 13.7. The summed E-state index contributed by atoms with van der Waals surface area (Å²) in [6.07, 6.45) is 1.26. The number of fused-ring (bicyclic) bond motifs is 1. The van der Waals surface area contributed by atoms with E-state index < -0.39 is 20.9 Å². The van der Waals surface area contributed by atoms with Gasteiger partial charge in [0, 0.05) is 24.8 Å². The van der Waals surface area contributed by atoms with Gasteiger partial charge in [0.1, 0.15) is 12.4 Å². The molecule has 1 aromatic carbocycles. The molecule has 0 saturated carbocycles. The Bertz CT molecular complexity index is 764. The van der Waals surface area contributed by atoms with Crippen molar-refractivity contribution in [3.05, 3.63) is 54.0 Å². The van der Waals surface area contributed by atoms with Crippen molar-refractivity contribution in [3.63, 3.8) is 0 Å². The smallest absolute Gasteiger partial charge is 0.263 e. The highest BCUT2D eigenvalue weighted by Gasteiger charge is 2.30. The minimum atomic E-state index is -3.99. The second-order valence-corrected chi connectivity index (χ2v) is 6.44. The van der Waals surface area contributed by atoms with Crippen molar-refractivity contribution >= 4 is 10.0 Å². The van der Waals surface area contributed by atoms with E-state index in [4.69, 9.17) is 4.74 Å². The predicted octanol–water partition coefficient (Wildman–Crippen LogP) is 1.80. The first-order chi connectivity index (χ1) is 10.1. The molecule has 1 aliphatic rings. The van der Waals surface area contributed by atoms with Crippen LogP contribution in [0.2, 0.25) is 0 Å². The topological polar surface area (TPSA) is 59.5 Å². The van der Waals surface area contributed by atoms with Gasteiger partial charge in [-0.25, -0.2) is 17.8 Å². The lowest BCUT2D eigenvalue weighted by Crippen LogP contribution is -2.33. The molecule has 110 valence electrons. The van der Waals surface area contributed by atoms with E-state index in [-0.39, 0.29) is 19.7 Å². The van der Waals surface area contributed by atoms with E-state index in [0.29, 0.717) is 5.75 Å². The molecule has 0 bridgehead atoms. The Kier molecular flexibility index (Phi) is 3.60. The molecule has 0 unspecified atom stereocenters. The summed E-state index contributed by atoms with van der Waals surface area (Å²) in [6.45, 7) is 0.492. The lowest BCUT2D eigenvalue weighted by Gasteiger charge is -2.19. The van der Waals surface area contributed by atoms with Crippen LogP contribution >= 0.6 is 0 Å². The van der Waals surface area contributed by atoms with Crippen molar-refractivity contribution in [2.75, 3.05) is 13.2 Å². The Labute approximate surface area is 122 Å². The lowest BCUT2D eigenvalue weighted by molar-refractivity contribution is 0.292. The molecular weight excluding hydrogens is 295 g/mol. The maximum Gasteiger partial charge on any atom is 0.263 e. The Morgan fingerprint density at radius 1 is 1.19 bits per heavy atom. The van der Waals surface area contributed by atoms with E-state index in [1.807, 2.05) is 6.07 Å². The molecule has 3 rings (SSSR count). The number of benzene rings is 1. The van der Waals surface area contributed by atoms with E-state index in [0.717, 1.165) is 11.6 Å². The zero-order valence-electron chi connectivity index (χ0n) is 11.1. The Balaban J connectivity index is 1.99. The van der Waals surface area contributed by atoms with Gasteiger partial charge in [-0.15, -0.1) is 0 Å². The second kappa shape index (κ2) is 5.42. The van der Waals surface area contributed by atoms with Crippen LogP contribution in [-0.2, 0) is 16.6 Å². The molecule has 2 heterocycles. The highest BCUT2D eigenvalue weighted by Crippen LogP contribution is 2.26. The van der Waals surface area contributed by atoms with Crippen LogP contribution in [0.15, 0.2) is 47.6 Å². The van der Waals surface area contributed by atoms with E-state index in [9.17, 15) is 12.8 Å². The van der Waals surface area contributed by atoms with Gasteiger partial charge < -0.3 is 4.74 Å². The van der Waals surface area contributed by atoms with Crippen LogP contribution in [0.25, 0.3) is 0 Å². The van der Waals surface area contributed by atoms with Gasteiger partial charge in [-0.05, 0) is 18.2 Å². The third-order valence-electron chi connectivity index (χ3n) is 3.23. The van der Waals surface area contributed by atoms with E-state index in [2.05, 4.69) is 4.98 Å². The number of rotatable bonds is 2. The highest BCUT2D eigenvalue weighted by molar-refractivity contribution is 7.89. The van der Waals surface area contributed by atoms with Crippen LogP contribution in [0.1, 0.15) is 5.56 Å². The summed E-state index contributed by atoms with van der Waals surface area (Å²) in [6, 6.07) is 9.64. The fraction of sp³-hybridized carbons (Fsp3) is 0.214. The van der Waals surface area contributed by atoms with Crippen molar-refractivity contribution < 1.29 is 17.5 Å². The largest absolute Gasteiger partial charge is 0.492 e. The summed E-state index contributed by atoms with van der Waals surface area (Å²) in [7, 11) is -3.99. The standard InChI is InChI=1S/C14H13FN2O3S/c15-12-5-3-7-16-14(12)21(18,19)17-8-9-20-13-6-2-1-4-11(13)10-17/h1-7H,8-10H2. The number of ether oxygens (including phenoxy) is 1. The molecule has 7 heteroatoms. The predicted molar refractivity (Wildman–Crippen MR) is 73.7 cm³/mol. The molecule has 0 radical (unpaired) electrons. The van der Waals surface area contributed by atoms with Gasteiger partial charge in [0.25, 0.3) is 10.0 Å². The minimum Gasteiger partial charge on any atom is -0.492 e. The third-order valence-corrected chi connectivity index (χ3v) is 5.01. The van der Waals surface area contributed by atoms with Crippen LogP contribution < -0.4 is 4.74 Å². The van der Waals surface area contributed by atoms with E-state index in [1.165, 1.54) is 16.6 Å². The van der Waals surface area contributed by atoms with Gasteiger partial charge in [0.05, 0.1) is 0 Å². The van der Waals surface area contributed by atoms with Gasteiger partial charge in [-0.1, -0.05) is 18.2 Å². The Hall–Kier alpha value is -1.99. The summed E-state index contributed by atoms with van der Waals surface area (Å²) in [4.78, 5) is 3.67. The molecule has 0 spiro atoms. The zero-order chi connectivity index (χ0) is 14.9. The monoisotopic (exact) mass is 308 g/mol. The van der Waals surface area contributed by atoms with E-state index >= 15 is 0 Å². The SMILES string of the molecule is O=S(=O)(c1ncccc1F)N1CCOc2ccccc2C1. The Morgan fingerprint density at radius 2 is 2.00 bits per heavy atom. The van der Waals surface area contributed by atoms with Gasteiger partial charge in [-0.2, -0.15) is 4.31 Å². The average Bonchev–Trinajstić information content (AvgIpc) is 2.70. The van der Waals surface area contributed by atoms with Crippen molar-refractivity contribution in [1.29, 1.82) is 0 Å². The first-order valence-electron chi connectivity index (χ1n) is 6.40. The number of hydrogen-bond donors (Lipinski definition) is 0. The van der Waals surface area contributed by atoms with Gasteiger partial charge in [0.2, 0.25) is 5.03 Å². The summed E-state index contributed by atoms with van der Waals surface area (Å²) in [5.41, 5.74) is 0.745. The fourth-order valence-electron chi connectivity index (χ4n) is 2.19. The number of halogens is 1. The normalized spacial score (nSPS) is 15.9. The molecule has 1 aromatic heterocycles. The van der Waals surface area contributed by atoms with E-state index in [1.54, 1.807) is 18.2 Å². The molecule has 0 amide bonds. The van der Waals surface area contributed by atoms with Crippen molar-refractivity contribution in [3.8, 4) is 5.75 Å². The van der Waals surface area contributed by atoms with Crippen molar-refractivity contribution in [2.45, 2.75) is 11.6 Å². The lowest BCUT2D eigenvalue weighted by atomic mass is 10.2. The van der Waals surface area contributed by atoms with Crippen LogP contribution in [0.5, 0.6) is 5.75 Å². The van der Waals surface area contributed by atoms with Gasteiger partial charge in [-0.3, -0.25) is 0 Å². The third kappa shape index (κ3) is 2.62. The summed E-state index contributed by atoms with van der Waals surface area (Å²) in [5.74, 6) is -0.201. The van der Waals surface area contributed by atoms with Crippen LogP contribution in [-0.4, -0.2) is 30.9 Å². The number of pyridine rings is 1. The molecule has 5 nitrogen and oxygen atoms in total. The molecule has 0 fully saturated rings. The maximum atomic E-state index is 13.7. The minimum absolute atomic E-state index is 0.133. The van der Waals surface area contributed by atoms with Crippen LogP contribution in [0.4, 0.5) is 4.39 Å². The van der Waals surface area contributed by atoms with Crippen LogP contribution in [0, 0.1) is 5.82 Å². The summed E-state index contributed by atoms with van der Waals surface area (Å²) >= 11 is 0. The molecule has 2 aromatic rings. The second-order valence-electron chi connectivity index (χ2n) is 4.59. The number of nitrogens with zero attached hydrogens (tertiary/aromatic N) is 2. The van der Waals surface area contributed by atoms with Crippen molar-refractivity contribution in [2.24, 2.45) is 0 Å². The van der Waals surface area contributed by atoms with Crippen molar-refractivity contribution in [1.82, 2.24) is 9.29 Å². The molecule has 0 N–H and O–H groups in total. The first-order valence-corrected chi connectivity index (χ1v) is 7.84. The average molecular weight is 308 g/mol. The number of sulfonamides is 1. The van der Waals surface area contributed by atoms with Crippen LogP contribution in [0.3, 0.4) is 0 Å². The quantitative estimate of drug-likeness (QED) is 0.849. The molecule has 0 atom stereocenters. The molecule has 0 aliphatic carbocycles. The molecule has 0 saturated heterocycles. The highest BCUT2D eigenvalue weighted by atomic mass is 32.2. The molecular formula is C14H13FN2O3S. The summed E-state index contributed by atoms with van der Waals surface area (Å²) < 4.78 is 45.5. The zero-order valence-corrected chi connectivity index (χ0v) is 11.9. The number of aromatic nitrogens is 1. The molecule has 21 heavy (non-hydrogen) atoms. The molecule has 1 aliphatic heterocycles. The number of para-hydroxylation sites is 1.